The van der Waals surface area contributed by atoms with Crippen LogP contribution in [0.2, 0.25) is 0 Å². The Kier molecular flexibility index (Phi) is 13.0. The zero-order valence-corrected chi connectivity index (χ0v) is 31.6. The normalized spacial score (nSPS) is 18.4. The molecule has 2 bridgehead atoms. The summed E-state index contributed by atoms with van der Waals surface area (Å²) in [5.41, 5.74) is 2.86. The van der Waals surface area contributed by atoms with Gasteiger partial charge in [-0.2, -0.15) is 0 Å². The topological polar surface area (TPSA) is 96.0 Å². The van der Waals surface area contributed by atoms with Crippen LogP contribution in [0.15, 0.2) is 36.4 Å². The summed E-state index contributed by atoms with van der Waals surface area (Å²) in [5, 5.41) is 0. The number of methoxy groups -OCH3 is 9. The first-order chi connectivity index (χ1) is 24.3. The molecule has 0 unspecified atom stereocenters. The van der Waals surface area contributed by atoms with Crippen LogP contribution in [0.25, 0.3) is 0 Å². The van der Waals surface area contributed by atoms with Gasteiger partial charge in [0.2, 0.25) is 0 Å². The van der Waals surface area contributed by atoms with E-state index in [0.29, 0.717) is 71.4 Å². The molecule has 3 heterocycles. The molecule has 0 atom stereocenters. The standard InChI is InChI=1S/C36H51N4O9P/c1-41-25-16-31(44-4)28(32(17-25)45-5)22-38-13-10-37-11-14-39(23-29-33(46-6)18-26(42-2)19-34(29)47-7)50(38)40(15-12-37)24-30-35(48-8)20-27(43-3)21-36(30)49-9/h16-21H,10-15,22-24H2,1-9H3. The van der Waals surface area contributed by atoms with Crippen molar-refractivity contribution in [2.24, 2.45) is 0 Å². The van der Waals surface area contributed by atoms with E-state index in [-0.39, 0.29) is 0 Å². The van der Waals surface area contributed by atoms with Gasteiger partial charge in [-0.05, 0) is 0 Å². The maximum Gasteiger partial charge on any atom is 0.130 e. The SMILES string of the molecule is COc1cc(OC)c(CN2CCN3CCN(Cc4c(OC)cc(OC)cc4OC)P2N(Cc2c(OC)cc(OC)cc2OC)CC3)c(OC)c1. The highest BCUT2D eigenvalue weighted by atomic mass is 31.2. The van der Waals surface area contributed by atoms with Crippen molar-refractivity contribution >= 4 is 8.37 Å². The molecule has 3 saturated heterocycles. The highest BCUT2D eigenvalue weighted by molar-refractivity contribution is 7.50. The molecule has 3 aliphatic rings. The minimum atomic E-state index is -1.13. The Morgan fingerprint density at radius 3 is 0.820 bits per heavy atom. The Hall–Kier alpha value is -3.87. The molecule has 3 aliphatic heterocycles. The molecule has 0 aliphatic carbocycles. The molecule has 0 aromatic heterocycles. The fourth-order valence-electron chi connectivity index (χ4n) is 6.59. The van der Waals surface area contributed by atoms with E-state index in [4.69, 9.17) is 42.6 Å². The van der Waals surface area contributed by atoms with Gasteiger partial charge in [-0.25, -0.2) is 0 Å². The van der Waals surface area contributed by atoms with Gasteiger partial charge in [0, 0.05) is 95.3 Å². The van der Waals surface area contributed by atoms with Crippen LogP contribution in [0.1, 0.15) is 16.7 Å². The predicted molar refractivity (Wildman–Crippen MR) is 193 cm³/mol. The fraction of sp³-hybridized carbons (Fsp3) is 0.500. The van der Waals surface area contributed by atoms with Crippen molar-refractivity contribution in [1.29, 1.82) is 0 Å². The zero-order chi connectivity index (χ0) is 35.8. The second-order valence-corrected chi connectivity index (χ2v) is 14.0. The third-order valence-electron chi connectivity index (χ3n) is 9.26. The van der Waals surface area contributed by atoms with Gasteiger partial charge in [-0.3, -0.25) is 18.9 Å². The molecule has 0 N–H and O–H groups in total. The average Bonchev–Trinajstić information content (AvgIpc) is 3.14. The molecule has 3 fully saturated rings. The van der Waals surface area contributed by atoms with E-state index in [0.717, 1.165) is 56.0 Å². The Morgan fingerprint density at radius 1 is 0.380 bits per heavy atom. The Bertz CT molecular complexity index is 1340. The van der Waals surface area contributed by atoms with E-state index in [1.54, 1.807) is 64.0 Å². The molecule has 3 aromatic rings. The van der Waals surface area contributed by atoms with Crippen molar-refractivity contribution < 1.29 is 42.6 Å². The third-order valence-corrected chi connectivity index (χ3v) is 11.8. The molecule has 14 heteroatoms. The summed E-state index contributed by atoms with van der Waals surface area (Å²) < 4.78 is 60.0. The van der Waals surface area contributed by atoms with Crippen molar-refractivity contribution in [3.63, 3.8) is 0 Å². The van der Waals surface area contributed by atoms with Crippen LogP contribution in [-0.2, 0) is 19.6 Å². The highest BCUT2D eigenvalue weighted by Crippen LogP contribution is 2.54. The Labute approximate surface area is 297 Å². The van der Waals surface area contributed by atoms with Crippen LogP contribution in [0.5, 0.6) is 51.7 Å². The maximum atomic E-state index is 5.93. The summed E-state index contributed by atoms with van der Waals surface area (Å²) in [5.74, 6) is 6.28. The first-order valence-corrected chi connectivity index (χ1v) is 17.7. The van der Waals surface area contributed by atoms with E-state index in [9.17, 15) is 0 Å². The molecule has 0 spiro atoms. The first kappa shape index (κ1) is 37.4. The molecule has 0 radical (unpaired) electrons. The lowest BCUT2D eigenvalue weighted by atomic mass is 10.1. The van der Waals surface area contributed by atoms with E-state index >= 15 is 0 Å². The second-order valence-electron chi connectivity index (χ2n) is 11.8. The van der Waals surface area contributed by atoms with Gasteiger partial charge >= 0.3 is 0 Å². The van der Waals surface area contributed by atoms with E-state index < -0.39 is 8.37 Å². The van der Waals surface area contributed by atoms with Crippen LogP contribution >= 0.6 is 8.37 Å². The summed E-state index contributed by atoms with van der Waals surface area (Å²) >= 11 is 0. The largest absolute Gasteiger partial charge is 0.496 e. The molecule has 6 rings (SSSR count). The molecule has 50 heavy (non-hydrogen) atoms. The molecule has 0 amide bonds. The van der Waals surface area contributed by atoms with E-state index in [1.807, 2.05) is 36.4 Å². The van der Waals surface area contributed by atoms with Crippen molar-refractivity contribution in [3.8, 4) is 51.7 Å². The highest BCUT2D eigenvalue weighted by Gasteiger charge is 2.39. The van der Waals surface area contributed by atoms with Gasteiger partial charge in [0.15, 0.2) is 0 Å². The lowest BCUT2D eigenvalue weighted by molar-refractivity contribution is 0.156. The average molecular weight is 715 g/mol. The van der Waals surface area contributed by atoms with Crippen molar-refractivity contribution in [1.82, 2.24) is 18.9 Å². The summed E-state index contributed by atoms with van der Waals surface area (Å²) in [6.07, 6.45) is 0. The quantitative estimate of drug-likeness (QED) is 0.195. The first-order valence-electron chi connectivity index (χ1n) is 16.5. The number of hydrogen-bond acceptors (Lipinski definition) is 13. The zero-order valence-electron chi connectivity index (χ0n) is 30.7. The van der Waals surface area contributed by atoms with Gasteiger partial charge in [-0.1, -0.05) is 0 Å². The third kappa shape index (κ3) is 8.03. The molecular weight excluding hydrogens is 663 g/mol. The van der Waals surface area contributed by atoms with Gasteiger partial charge in [0.25, 0.3) is 0 Å². The Balaban J connectivity index is 1.66. The van der Waals surface area contributed by atoms with Crippen LogP contribution in [0.3, 0.4) is 0 Å². The predicted octanol–water partition coefficient (Wildman–Crippen LogP) is 5.13. The van der Waals surface area contributed by atoms with Gasteiger partial charge < -0.3 is 42.6 Å². The molecule has 3 aromatic carbocycles. The number of nitrogens with zero attached hydrogens (tertiary/aromatic N) is 4. The summed E-state index contributed by atoms with van der Waals surface area (Å²) in [7, 11) is 13.9. The lowest BCUT2D eigenvalue weighted by Crippen LogP contribution is -2.51. The van der Waals surface area contributed by atoms with Crippen molar-refractivity contribution in [2.45, 2.75) is 19.6 Å². The fourth-order valence-corrected chi connectivity index (χ4v) is 9.27. The van der Waals surface area contributed by atoms with Gasteiger partial charge in [0.1, 0.15) is 60.1 Å². The maximum absolute atomic E-state index is 5.93. The van der Waals surface area contributed by atoms with Crippen LogP contribution in [-0.4, -0.2) is 122 Å². The number of rotatable bonds is 15. The van der Waals surface area contributed by atoms with Crippen LogP contribution in [0.4, 0.5) is 0 Å². The van der Waals surface area contributed by atoms with Gasteiger partial charge in [0.05, 0.1) is 80.7 Å². The number of benzene rings is 3. The minimum Gasteiger partial charge on any atom is -0.496 e. The van der Waals surface area contributed by atoms with Crippen molar-refractivity contribution in [3.05, 3.63) is 53.1 Å². The van der Waals surface area contributed by atoms with E-state index in [1.165, 1.54) is 0 Å². The summed E-state index contributed by atoms with van der Waals surface area (Å²) in [4.78, 5) is 2.53. The molecule has 274 valence electrons. The van der Waals surface area contributed by atoms with Crippen LogP contribution < -0.4 is 42.6 Å². The lowest BCUT2D eigenvalue weighted by Gasteiger charge is -2.50. The second kappa shape index (κ2) is 17.4. The molecule has 13 nitrogen and oxygen atoms in total. The molecular formula is C36H51N4O9P. The van der Waals surface area contributed by atoms with E-state index in [2.05, 4.69) is 18.9 Å². The summed E-state index contributed by atoms with van der Waals surface area (Å²) in [6.45, 7) is 7.02. The number of hydrogen-bond donors (Lipinski definition) is 0. The summed E-state index contributed by atoms with van der Waals surface area (Å²) in [6, 6.07) is 11.5. The minimum absolute atomic E-state index is 0.580. The van der Waals surface area contributed by atoms with Crippen molar-refractivity contribution in [2.75, 3.05) is 103 Å². The number of fused-ring (bicyclic) bond motifs is 6. The smallest absolute Gasteiger partial charge is 0.130 e. The molecule has 0 saturated carbocycles. The van der Waals surface area contributed by atoms with Gasteiger partial charge in [-0.15, -0.1) is 0 Å². The monoisotopic (exact) mass is 714 g/mol. The number of ether oxygens (including phenoxy) is 9. The Morgan fingerprint density at radius 2 is 0.620 bits per heavy atom. The van der Waals surface area contributed by atoms with Crippen LogP contribution in [0, 0.1) is 0 Å².